The van der Waals surface area contributed by atoms with Gasteiger partial charge >= 0.3 is 6.03 Å². The van der Waals surface area contributed by atoms with Crippen molar-refractivity contribution in [2.24, 2.45) is 5.10 Å². The molecule has 22 rings (SSSR count). The van der Waals surface area contributed by atoms with Gasteiger partial charge in [0.15, 0.2) is 46.1 Å². The van der Waals surface area contributed by atoms with Crippen molar-refractivity contribution in [2.75, 3.05) is 226 Å². The Morgan fingerprint density at radius 2 is 1.11 bits per heavy atom. The minimum Gasteiger partial charge on any atom is -0.502 e. The summed E-state index contributed by atoms with van der Waals surface area (Å²) in [5.74, 6) is 7.64. The number of aromatic amines is 1. The summed E-state index contributed by atoms with van der Waals surface area (Å²) in [6.45, 7) is 18.6. The number of hydrazone groups is 1. The Morgan fingerprint density at radius 1 is 0.556 bits per heavy atom. The zero-order chi connectivity index (χ0) is 90.5. The Labute approximate surface area is 770 Å². The maximum Gasteiger partial charge on any atom is 0.319 e. The lowest BCUT2D eigenvalue weighted by Gasteiger charge is -2.33. The highest BCUT2D eigenvalue weighted by Gasteiger charge is 2.37. The number of carbonyl (C=O) groups is 1. The number of piperidine rings is 1. The van der Waals surface area contributed by atoms with Gasteiger partial charge < -0.3 is 103 Å². The van der Waals surface area contributed by atoms with Crippen molar-refractivity contribution in [3.05, 3.63) is 145 Å². The van der Waals surface area contributed by atoms with E-state index in [2.05, 4.69) is 132 Å². The van der Waals surface area contributed by atoms with Crippen LogP contribution in [0.5, 0.6) is 34.5 Å². The number of urea groups is 1. The van der Waals surface area contributed by atoms with E-state index >= 15 is 0 Å². The monoisotopic (exact) mass is 1830 g/mol. The number of aromatic hydroxyl groups is 2. The van der Waals surface area contributed by atoms with Gasteiger partial charge in [-0.05, 0) is 134 Å². The predicted molar refractivity (Wildman–Crippen MR) is 503 cm³/mol. The van der Waals surface area contributed by atoms with Crippen molar-refractivity contribution < 1.29 is 62.4 Å². The number of nitrogens with zero attached hydrogens (tertiary/aromatic N) is 23. The lowest BCUT2D eigenvalue weighted by atomic mass is 10.0. The van der Waals surface area contributed by atoms with Crippen molar-refractivity contribution in [2.45, 2.75) is 69.4 Å². The van der Waals surface area contributed by atoms with Crippen molar-refractivity contribution in [1.82, 2.24) is 89.4 Å². The molecule has 4 aromatic carbocycles. The van der Waals surface area contributed by atoms with E-state index in [9.17, 15) is 15.0 Å². The van der Waals surface area contributed by atoms with Crippen LogP contribution in [0, 0.1) is 0 Å². The number of rotatable bonds is 22. The Balaban J connectivity index is 0.000000115. The molecule has 1 saturated carbocycles. The number of aromatic nitrogens is 16. The number of hydrogen-bond donors (Lipinski definition) is 6. The van der Waals surface area contributed by atoms with E-state index in [1.54, 1.807) is 52.7 Å². The molecule has 41 heteroatoms. The first-order valence-corrected chi connectivity index (χ1v) is 45.9. The third-order valence-corrected chi connectivity index (χ3v) is 25.3. The van der Waals surface area contributed by atoms with E-state index < -0.39 is 0 Å². The number of thiophene rings is 1. The average molecular weight is 1830 g/mol. The zero-order valence-electron chi connectivity index (χ0n) is 74.6. The standard InChI is InChI=1S/C28H30N8O.C22H27N7O5.C22H23N5O2S.C20H27N7O5/c1-2-20(17-29-8-1)19-34-10-6-23(7-11-34)36-28-24(18-31-36)27(35-12-14-37-15-13-35)32-26(33-28)22-3-4-25-21(16-22)5-9-30-25;1-31-17-11-15(12-18(32-2)19(17)30)16-13-29(14-23-16)22-25-20(27-3-7-33-8-4-27)24-21(26-22)28-5-9-34-10-6-28;28-22(24-15-5-6-15)23-14-3-1-13(2-4-14)20-25-18-9-10-30-19(18)21(26-20)27-11-16-7-8-17(12-27)29-16;1-29-15-11-14(12-16(30-2)17(15)28)13-21-25-18-22-19(26-3-7-31-8-4-26)24-20(23-18)27-5-9-32-10-6-27/h1-5,8-9,16-18,23,30H,6-7,10-15,19H2;11-14,30H,3-10H2,1-2H3;1-4,9-10,15-17H,5-8,11-12H2,(H2,23,24,28);11-13,28H,3-10H2,1-2H3,(H,22,23,24,25)/b;;;21-13+. The van der Waals surface area contributed by atoms with Crippen LogP contribution in [0.15, 0.2) is 139 Å². The molecule has 694 valence electrons. The summed E-state index contributed by atoms with van der Waals surface area (Å²) in [6, 6.07) is 29.6. The van der Waals surface area contributed by atoms with Crippen LogP contribution in [-0.2, 0) is 35.0 Å². The van der Waals surface area contributed by atoms with Gasteiger partial charge in [-0.3, -0.25) is 14.5 Å². The van der Waals surface area contributed by atoms with E-state index in [4.69, 9.17) is 87.4 Å². The van der Waals surface area contributed by atoms with E-state index in [0.717, 1.165) is 156 Å². The molecule has 17 heterocycles. The molecule has 0 spiro atoms. The molecule has 2 atom stereocenters. The first-order chi connectivity index (χ1) is 65.4. The number of phenols is 2. The molecular weight excluding hydrogens is 1720 g/mol. The second kappa shape index (κ2) is 41.5. The number of anilines is 8. The summed E-state index contributed by atoms with van der Waals surface area (Å²) in [7, 11) is 5.92. The number of H-pyrrole nitrogens is 1. The van der Waals surface area contributed by atoms with Crippen LogP contribution in [0.4, 0.5) is 51.9 Å². The molecule has 2 unspecified atom stereocenters. The maximum atomic E-state index is 12.0. The fourth-order valence-corrected chi connectivity index (χ4v) is 18.0. The van der Waals surface area contributed by atoms with Crippen molar-refractivity contribution in [3.8, 4) is 74.5 Å². The molecule has 6 N–H and O–H groups in total. The Morgan fingerprint density at radius 3 is 1.69 bits per heavy atom. The number of hydrogen-bond acceptors (Lipinski definition) is 36. The summed E-state index contributed by atoms with van der Waals surface area (Å²) >= 11 is 1.69. The van der Waals surface area contributed by atoms with Crippen LogP contribution in [-0.4, -0.2) is 311 Å². The maximum absolute atomic E-state index is 12.0. The third-order valence-electron chi connectivity index (χ3n) is 24.4. The molecule has 2 bridgehead atoms. The lowest BCUT2D eigenvalue weighted by Crippen LogP contribution is -2.43. The largest absolute Gasteiger partial charge is 0.502 e. The molecule has 40 nitrogen and oxygen atoms in total. The number of phenolic OH excluding ortho intramolecular Hbond substituents is 2. The van der Waals surface area contributed by atoms with Gasteiger partial charge in [-0.25, -0.2) is 39.8 Å². The first-order valence-electron chi connectivity index (χ1n) is 45.0. The SMILES string of the molecule is COc1cc(-c2cn(-c3nc(N4CCOCC4)nc(N4CCOCC4)n3)cn2)cc(OC)c1O.COc1cc(/C=N/Nc2nc(N3CCOCC3)nc(N3CCOCC3)n2)cc(OC)c1O.O=C(Nc1ccc(-c2nc(N3CC4CCC(C3)O4)c3sccc3n2)cc1)NC1CC1.c1cncc(CN2CCC(n3ncc4c(N5CCOCC5)nc(-c5ccc6[nH]ccc6c5)nc43)CC2)c1. The molecule has 9 aliphatic rings. The Hall–Kier alpha value is -13.6. The van der Waals surface area contributed by atoms with E-state index in [1.165, 1.54) is 34.0 Å². The molecule has 133 heavy (non-hydrogen) atoms. The number of fused-ring (bicyclic) bond motifs is 5. The number of pyridine rings is 1. The molecule has 9 fully saturated rings. The van der Waals surface area contributed by atoms with Gasteiger partial charge in [0, 0.05) is 168 Å². The third kappa shape index (κ3) is 21.2. The van der Waals surface area contributed by atoms with Gasteiger partial charge in [0.2, 0.25) is 47.2 Å². The van der Waals surface area contributed by atoms with Crippen LogP contribution in [0.3, 0.4) is 0 Å². The fourth-order valence-electron chi connectivity index (χ4n) is 17.1. The number of amides is 2. The molecular formula is C92H107N27O13S. The fraction of sp³-hybridized carbons (Fsp3) is 0.424. The topological polar surface area (TPSA) is 414 Å². The summed E-state index contributed by atoms with van der Waals surface area (Å²) in [5.41, 5.74) is 11.9. The number of benzene rings is 4. The number of likely N-dealkylation sites (tertiary alicyclic amines) is 1. The zero-order valence-corrected chi connectivity index (χ0v) is 75.4. The molecule has 8 saturated heterocycles. The number of imidazole rings is 1. The number of nitrogens with one attached hydrogen (secondary N) is 4. The second-order valence-electron chi connectivity index (χ2n) is 33.2. The van der Waals surface area contributed by atoms with Crippen LogP contribution >= 0.6 is 11.3 Å². The minimum absolute atomic E-state index is 0.0593. The highest BCUT2D eigenvalue weighted by Crippen LogP contribution is 2.43. The smallest absolute Gasteiger partial charge is 0.319 e. The van der Waals surface area contributed by atoms with E-state index in [-0.39, 0.29) is 29.0 Å². The van der Waals surface area contributed by atoms with Gasteiger partial charge in [-0.1, -0.05) is 6.07 Å². The Kier molecular flexibility index (Phi) is 27.7. The van der Waals surface area contributed by atoms with Crippen LogP contribution < -0.4 is 64.4 Å². The summed E-state index contributed by atoms with van der Waals surface area (Å²) in [5, 5.41) is 39.5. The van der Waals surface area contributed by atoms with E-state index in [0.29, 0.717) is 207 Å². The first kappa shape index (κ1) is 88.7. The molecule has 2 amide bonds. The van der Waals surface area contributed by atoms with Crippen molar-refractivity contribution in [1.29, 1.82) is 0 Å². The van der Waals surface area contributed by atoms with Gasteiger partial charge in [0.05, 0.1) is 146 Å². The van der Waals surface area contributed by atoms with Crippen LogP contribution in [0.25, 0.3) is 72.1 Å². The predicted octanol–water partition coefficient (Wildman–Crippen LogP) is 9.89. The number of carbonyl (C=O) groups excluding carboxylic acids is 1. The van der Waals surface area contributed by atoms with Gasteiger partial charge in [-0.2, -0.15) is 40.1 Å². The van der Waals surface area contributed by atoms with Crippen molar-refractivity contribution in [3.63, 3.8) is 0 Å². The van der Waals surface area contributed by atoms with Gasteiger partial charge in [0.1, 0.15) is 12.1 Å². The molecule has 9 aromatic heterocycles. The second-order valence-corrected chi connectivity index (χ2v) is 34.1. The van der Waals surface area contributed by atoms with Gasteiger partial charge in [0.25, 0.3) is 0 Å². The van der Waals surface area contributed by atoms with Crippen LogP contribution in [0.1, 0.15) is 55.7 Å². The summed E-state index contributed by atoms with van der Waals surface area (Å²) in [6.07, 6.45) is 19.9. The number of ether oxygens (including phenoxy) is 10. The number of morpholine rings is 6. The number of methoxy groups -OCH3 is 4. The van der Waals surface area contributed by atoms with E-state index in [1.807, 2.05) is 61.3 Å². The molecule has 1 aliphatic carbocycles. The van der Waals surface area contributed by atoms with Gasteiger partial charge in [-0.15, -0.1) is 11.3 Å². The minimum atomic E-state index is -0.148. The Bertz CT molecular complexity index is 6030. The highest BCUT2D eigenvalue weighted by molar-refractivity contribution is 7.17. The quantitative estimate of drug-likeness (QED) is 0.0271. The summed E-state index contributed by atoms with van der Waals surface area (Å²) in [4.78, 5) is 87.5. The normalized spacial score (nSPS) is 18.4. The highest BCUT2D eigenvalue weighted by atomic mass is 32.1. The molecule has 0 radical (unpaired) electrons. The summed E-state index contributed by atoms with van der Waals surface area (Å²) < 4.78 is 59.5. The lowest BCUT2D eigenvalue weighted by molar-refractivity contribution is 0.0303. The van der Waals surface area contributed by atoms with Crippen LogP contribution in [0.2, 0.25) is 0 Å². The molecule has 13 aromatic rings. The molecule has 8 aliphatic heterocycles. The average Bonchev–Trinajstić information content (AvgIpc) is 1.64. The van der Waals surface area contributed by atoms with Crippen molar-refractivity contribution >= 4 is 103 Å².